The zero-order chi connectivity index (χ0) is 14.6. The molecule has 1 aliphatic carbocycles. The first-order chi connectivity index (χ1) is 9.58. The van der Waals surface area contributed by atoms with Gasteiger partial charge in [-0.1, -0.05) is 12.1 Å². The maximum absolute atomic E-state index is 10.6. The molecule has 1 aliphatic rings. The van der Waals surface area contributed by atoms with Crippen molar-refractivity contribution in [3.63, 3.8) is 0 Å². The summed E-state index contributed by atoms with van der Waals surface area (Å²) in [5.41, 5.74) is 1.29. The van der Waals surface area contributed by atoms with E-state index in [1.54, 1.807) is 19.2 Å². The molecule has 0 radical (unpaired) electrons. The molecule has 2 rings (SSSR count). The SMILES string of the molecule is CNC(Cc1ccc([N+](=O)[O-])cc1)CC1(OC)CCC1. The molecule has 1 atom stereocenters. The minimum Gasteiger partial charge on any atom is -0.378 e. The molecule has 5 nitrogen and oxygen atoms in total. The lowest BCUT2D eigenvalue weighted by Crippen LogP contribution is -2.45. The average molecular weight is 278 g/mol. The highest BCUT2D eigenvalue weighted by molar-refractivity contribution is 5.33. The van der Waals surface area contributed by atoms with Crippen molar-refractivity contribution < 1.29 is 9.66 Å². The van der Waals surface area contributed by atoms with Gasteiger partial charge >= 0.3 is 0 Å². The Morgan fingerprint density at radius 1 is 1.40 bits per heavy atom. The van der Waals surface area contributed by atoms with Crippen LogP contribution in [-0.4, -0.2) is 30.7 Å². The molecule has 1 unspecified atom stereocenters. The Labute approximate surface area is 119 Å². The smallest absolute Gasteiger partial charge is 0.269 e. The fourth-order valence-electron chi connectivity index (χ4n) is 2.83. The summed E-state index contributed by atoms with van der Waals surface area (Å²) in [6.45, 7) is 0. The van der Waals surface area contributed by atoms with Crippen molar-refractivity contribution in [2.45, 2.75) is 43.7 Å². The van der Waals surface area contributed by atoms with Gasteiger partial charge in [-0.3, -0.25) is 10.1 Å². The van der Waals surface area contributed by atoms with Crippen LogP contribution in [0.5, 0.6) is 0 Å². The highest BCUT2D eigenvalue weighted by atomic mass is 16.6. The van der Waals surface area contributed by atoms with Gasteiger partial charge in [0.2, 0.25) is 0 Å². The van der Waals surface area contributed by atoms with Crippen LogP contribution in [0.1, 0.15) is 31.2 Å². The second-order valence-corrected chi connectivity index (χ2v) is 5.56. The largest absolute Gasteiger partial charge is 0.378 e. The molecule has 5 heteroatoms. The predicted molar refractivity (Wildman–Crippen MR) is 77.9 cm³/mol. The van der Waals surface area contributed by atoms with Crippen molar-refractivity contribution >= 4 is 5.69 Å². The van der Waals surface area contributed by atoms with Crippen molar-refractivity contribution in [3.05, 3.63) is 39.9 Å². The summed E-state index contributed by atoms with van der Waals surface area (Å²) >= 11 is 0. The lowest BCUT2D eigenvalue weighted by atomic mass is 9.75. The number of nitrogens with zero attached hydrogens (tertiary/aromatic N) is 1. The molecule has 0 saturated heterocycles. The first kappa shape index (κ1) is 14.9. The van der Waals surface area contributed by atoms with E-state index in [1.807, 2.05) is 19.2 Å². The third-order valence-corrected chi connectivity index (χ3v) is 4.35. The van der Waals surface area contributed by atoms with Gasteiger partial charge in [0.1, 0.15) is 0 Å². The fraction of sp³-hybridized carbons (Fsp3) is 0.600. The predicted octanol–water partition coefficient (Wildman–Crippen LogP) is 2.68. The third-order valence-electron chi connectivity index (χ3n) is 4.35. The number of methoxy groups -OCH3 is 1. The number of benzene rings is 1. The van der Waals surface area contributed by atoms with E-state index in [4.69, 9.17) is 4.74 Å². The van der Waals surface area contributed by atoms with E-state index in [9.17, 15) is 10.1 Å². The highest BCUT2D eigenvalue weighted by Gasteiger charge is 2.38. The summed E-state index contributed by atoms with van der Waals surface area (Å²) < 4.78 is 5.67. The summed E-state index contributed by atoms with van der Waals surface area (Å²) in [4.78, 5) is 10.3. The van der Waals surface area contributed by atoms with E-state index in [0.29, 0.717) is 6.04 Å². The highest BCUT2D eigenvalue weighted by Crippen LogP contribution is 2.39. The van der Waals surface area contributed by atoms with Crippen LogP contribution >= 0.6 is 0 Å². The van der Waals surface area contributed by atoms with Crippen LogP contribution in [0.15, 0.2) is 24.3 Å². The lowest BCUT2D eigenvalue weighted by molar-refractivity contribution is -0.384. The van der Waals surface area contributed by atoms with Gasteiger partial charge in [-0.05, 0) is 44.7 Å². The van der Waals surface area contributed by atoms with Gasteiger partial charge in [-0.25, -0.2) is 0 Å². The minimum atomic E-state index is -0.367. The van der Waals surface area contributed by atoms with E-state index in [1.165, 1.54) is 6.42 Å². The number of nitrogens with one attached hydrogen (secondary N) is 1. The van der Waals surface area contributed by atoms with Crippen LogP contribution < -0.4 is 5.32 Å². The molecule has 1 aromatic rings. The number of nitro benzene ring substituents is 1. The standard InChI is InChI=1S/C15H22N2O3/c1-16-13(11-15(20-2)8-3-9-15)10-12-4-6-14(7-5-12)17(18)19/h4-7,13,16H,3,8-11H2,1-2H3. The van der Waals surface area contributed by atoms with Crippen molar-refractivity contribution in [2.75, 3.05) is 14.2 Å². The molecule has 1 aromatic carbocycles. The van der Waals surface area contributed by atoms with Gasteiger partial charge < -0.3 is 10.1 Å². The van der Waals surface area contributed by atoms with Crippen molar-refractivity contribution in [1.29, 1.82) is 0 Å². The first-order valence-electron chi connectivity index (χ1n) is 7.04. The van der Waals surface area contributed by atoms with Gasteiger partial charge in [0.05, 0.1) is 10.5 Å². The second-order valence-electron chi connectivity index (χ2n) is 5.56. The summed E-state index contributed by atoms with van der Waals surface area (Å²) in [7, 11) is 3.75. The molecular formula is C15H22N2O3. The van der Waals surface area contributed by atoms with E-state index in [2.05, 4.69) is 5.32 Å². The molecule has 0 amide bonds. The van der Waals surface area contributed by atoms with Gasteiger partial charge in [0.15, 0.2) is 0 Å². The van der Waals surface area contributed by atoms with Crippen molar-refractivity contribution in [2.24, 2.45) is 0 Å². The average Bonchev–Trinajstić information content (AvgIpc) is 2.42. The molecular weight excluding hydrogens is 256 g/mol. The van der Waals surface area contributed by atoms with E-state index >= 15 is 0 Å². The maximum atomic E-state index is 10.6. The number of nitro groups is 1. The van der Waals surface area contributed by atoms with Crippen LogP contribution in [0, 0.1) is 10.1 Å². The summed E-state index contributed by atoms with van der Waals surface area (Å²) in [6, 6.07) is 7.14. The maximum Gasteiger partial charge on any atom is 0.269 e. The second kappa shape index (κ2) is 6.33. The summed E-state index contributed by atoms with van der Waals surface area (Å²) in [5, 5.41) is 14.0. The first-order valence-corrected chi connectivity index (χ1v) is 7.04. The fourth-order valence-corrected chi connectivity index (χ4v) is 2.83. The number of hydrogen-bond acceptors (Lipinski definition) is 4. The van der Waals surface area contributed by atoms with Crippen LogP contribution in [-0.2, 0) is 11.2 Å². The minimum absolute atomic E-state index is 0.0362. The molecule has 0 aliphatic heterocycles. The molecule has 0 heterocycles. The van der Waals surface area contributed by atoms with Crippen molar-refractivity contribution in [1.82, 2.24) is 5.32 Å². The molecule has 1 N–H and O–H groups in total. The number of non-ortho nitro benzene ring substituents is 1. The van der Waals surface area contributed by atoms with E-state index in [0.717, 1.165) is 31.2 Å². The Morgan fingerprint density at radius 3 is 2.45 bits per heavy atom. The van der Waals surface area contributed by atoms with Gasteiger partial charge in [0.25, 0.3) is 5.69 Å². The van der Waals surface area contributed by atoms with Gasteiger partial charge in [-0.15, -0.1) is 0 Å². The molecule has 0 aromatic heterocycles. The molecule has 110 valence electrons. The third kappa shape index (κ3) is 3.35. The number of likely N-dealkylation sites (N-methyl/N-ethyl adjacent to an activating group) is 1. The number of ether oxygens (including phenoxy) is 1. The molecule has 0 bridgehead atoms. The molecule has 1 fully saturated rings. The Hall–Kier alpha value is -1.46. The normalized spacial score (nSPS) is 18.3. The van der Waals surface area contributed by atoms with Gasteiger partial charge in [-0.2, -0.15) is 0 Å². The lowest BCUT2D eigenvalue weighted by Gasteiger charge is -2.42. The van der Waals surface area contributed by atoms with Crippen LogP contribution in [0.4, 0.5) is 5.69 Å². The van der Waals surface area contributed by atoms with E-state index < -0.39 is 0 Å². The molecule has 1 saturated carbocycles. The Bertz CT molecular complexity index is 449. The summed E-state index contributed by atoms with van der Waals surface area (Å²) in [5.74, 6) is 0. The van der Waals surface area contributed by atoms with Crippen molar-refractivity contribution in [3.8, 4) is 0 Å². The van der Waals surface area contributed by atoms with E-state index in [-0.39, 0.29) is 16.2 Å². The van der Waals surface area contributed by atoms with Crippen LogP contribution in [0.25, 0.3) is 0 Å². The van der Waals surface area contributed by atoms with Crippen LogP contribution in [0.3, 0.4) is 0 Å². The molecule has 20 heavy (non-hydrogen) atoms. The monoisotopic (exact) mass is 278 g/mol. The number of rotatable bonds is 7. The zero-order valence-electron chi connectivity index (χ0n) is 12.1. The topological polar surface area (TPSA) is 64.4 Å². The Morgan fingerprint density at radius 2 is 2.05 bits per heavy atom. The number of hydrogen-bond donors (Lipinski definition) is 1. The Kier molecular flexibility index (Phi) is 4.73. The quantitative estimate of drug-likeness (QED) is 0.615. The van der Waals surface area contributed by atoms with Crippen LogP contribution in [0.2, 0.25) is 0 Å². The Balaban J connectivity index is 1.97. The van der Waals surface area contributed by atoms with Gasteiger partial charge in [0, 0.05) is 25.3 Å². The molecule has 0 spiro atoms. The summed E-state index contributed by atoms with van der Waals surface area (Å²) in [6.07, 6.45) is 5.34. The zero-order valence-corrected chi connectivity index (χ0v) is 12.1.